The molecule has 47 heavy (non-hydrogen) atoms. The summed E-state index contributed by atoms with van der Waals surface area (Å²) in [7, 11) is 0. The maximum absolute atomic E-state index is 2.37. The van der Waals surface area contributed by atoms with E-state index in [0.29, 0.717) is 27.1 Å². The molecule has 0 spiro atoms. The zero-order valence-corrected chi connectivity index (χ0v) is 34.5. The lowest BCUT2D eigenvalue weighted by molar-refractivity contribution is 0.405. The van der Waals surface area contributed by atoms with Crippen LogP contribution in [-0.2, 0) is 37.5 Å². The molecule has 0 heteroatoms. The molecule has 0 unspecified atom stereocenters. The van der Waals surface area contributed by atoms with Crippen LogP contribution in [0.4, 0.5) is 0 Å². The van der Waals surface area contributed by atoms with Crippen molar-refractivity contribution in [1.82, 2.24) is 0 Å². The molecule has 0 aliphatic heterocycles. The topological polar surface area (TPSA) is 0 Å². The van der Waals surface area contributed by atoms with E-state index in [0.717, 1.165) is 32.1 Å². The van der Waals surface area contributed by atoms with E-state index in [1.165, 1.54) is 33.4 Å². The summed E-state index contributed by atoms with van der Waals surface area (Å²) in [4.78, 5) is 0. The van der Waals surface area contributed by atoms with Gasteiger partial charge in [-0.3, -0.25) is 0 Å². The average molecular weight is 641 g/mol. The maximum Gasteiger partial charge on any atom is -0.0132 e. The average Bonchev–Trinajstić information content (AvgIpc) is 2.81. The highest BCUT2D eigenvalue weighted by Gasteiger charge is 2.16. The molecule has 264 valence electrons. The minimum absolute atomic E-state index is 0.264. The molecule has 0 heterocycles. The van der Waals surface area contributed by atoms with Crippen LogP contribution in [0.5, 0.6) is 0 Å². The molecule has 0 amide bonds. The van der Waals surface area contributed by atoms with Gasteiger partial charge in [0.05, 0.1) is 0 Å². The molecule has 0 aliphatic carbocycles. The molecule has 0 fully saturated rings. The van der Waals surface area contributed by atoms with Crippen LogP contribution in [0.2, 0.25) is 0 Å². The summed E-state index contributed by atoms with van der Waals surface area (Å²) in [6.45, 7) is 41.1. The monoisotopic (exact) mass is 641 g/mol. The van der Waals surface area contributed by atoms with Gasteiger partial charge in [0.15, 0.2) is 0 Å². The van der Waals surface area contributed by atoms with Crippen molar-refractivity contribution in [2.24, 2.45) is 27.1 Å². The van der Waals surface area contributed by atoms with Gasteiger partial charge in [0.1, 0.15) is 0 Å². The summed E-state index contributed by atoms with van der Waals surface area (Å²) < 4.78 is 0. The van der Waals surface area contributed by atoms with Crippen LogP contribution in [0.3, 0.4) is 0 Å². The second-order valence-corrected chi connectivity index (χ2v) is 21.3. The predicted octanol–water partition coefficient (Wildman–Crippen LogP) is 14.3. The van der Waals surface area contributed by atoms with Crippen LogP contribution in [0.15, 0.2) is 72.8 Å². The quantitative estimate of drug-likeness (QED) is 0.260. The molecule has 3 rings (SSSR count). The van der Waals surface area contributed by atoms with Crippen LogP contribution < -0.4 is 0 Å². The van der Waals surface area contributed by atoms with Gasteiger partial charge in [-0.25, -0.2) is 0 Å². The van der Waals surface area contributed by atoms with Gasteiger partial charge in [-0.15, -0.1) is 0 Å². The highest BCUT2D eigenvalue weighted by molar-refractivity contribution is 5.28. The third-order valence-corrected chi connectivity index (χ3v) is 7.51. The Balaban J connectivity index is 0.000000353. The highest BCUT2D eigenvalue weighted by Crippen LogP contribution is 2.27. The first-order valence-corrected chi connectivity index (χ1v) is 18.2. The largest absolute Gasteiger partial charge is 0.0617 e. The first-order chi connectivity index (χ1) is 21.0. The molecule has 0 radical (unpaired) electrons. The summed E-state index contributed by atoms with van der Waals surface area (Å²) in [5.74, 6) is 0. The van der Waals surface area contributed by atoms with Gasteiger partial charge >= 0.3 is 0 Å². The van der Waals surface area contributed by atoms with Crippen LogP contribution in [0.1, 0.15) is 158 Å². The van der Waals surface area contributed by atoms with Crippen molar-refractivity contribution in [2.75, 3.05) is 0 Å². The molecule has 0 saturated carbocycles. The second kappa shape index (κ2) is 16.9. The second-order valence-electron chi connectivity index (χ2n) is 21.3. The molecule has 0 nitrogen and oxygen atoms in total. The zero-order chi connectivity index (χ0) is 36.5. The van der Waals surface area contributed by atoms with Gasteiger partial charge in [-0.05, 0) is 98.0 Å². The van der Waals surface area contributed by atoms with Crippen LogP contribution in [0.25, 0.3) is 0 Å². The van der Waals surface area contributed by atoms with Crippen LogP contribution >= 0.6 is 0 Å². The van der Waals surface area contributed by atoms with Gasteiger partial charge < -0.3 is 0 Å². The number of hydrogen-bond acceptors (Lipinski definition) is 0. The Morgan fingerprint density at radius 3 is 0.766 bits per heavy atom. The van der Waals surface area contributed by atoms with Crippen molar-refractivity contribution < 1.29 is 0 Å². The normalized spacial score (nSPS) is 12.9. The van der Waals surface area contributed by atoms with Gasteiger partial charge in [0.25, 0.3) is 0 Å². The highest BCUT2D eigenvalue weighted by atomic mass is 14.2. The van der Waals surface area contributed by atoms with Crippen LogP contribution in [0, 0.1) is 27.1 Å². The number of benzene rings is 3. The van der Waals surface area contributed by atoms with Crippen molar-refractivity contribution in [3.8, 4) is 0 Å². The Hall–Kier alpha value is -2.34. The van der Waals surface area contributed by atoms with E-state index in [-0.39, 0.29) is 5.41 Å². The molecular formula is C47H76. The lowest BCUT2D eigenvalue weighted by atomic mass is 9.84. The van der Waals surface area contributed by atoms with Crippen molar-refractivity contribution in [3.05, 3.63) is 106 Å². The smallest absolute Gasteiger partial charge is 0.0132 e. The molecule has 3 aromatic carbocycles. The van der Waals surface area contributed by atoms with Crippen molar-refractivity contribution in [1.29, 1.82) is 0 Å². The fourth-order valence-corrected chi connectivity index (χ4v) is 5.81. The van der Waals surface area contributed by atoms with E-state index in [9.17, 15) is 0 Å². The van der Waals surface area contributed by atoms with Gasteiger partial charge in [0.2, 0.25) is 0 Å². The Kier molecular flexibility index (Phi) is 15.3. The van der Waals surface area contributed by atoms with E-state index in [2.05, 4.69) is 197 Å². The van der Waals surface area contributed by atoms with Crippen molar-refractivity contribution in [3.63, 3.8) is 0 Å². The minimum Gasteiger partial charge on any atom is -0.0617 e. The molecule has 0 atom stereocenters. The molecule has 0 aromatic heterocycles. The third kappa shape index (κ3) is 22.0. The fraction of sp³-hybridized carbons (Fsp3) is 0.617. The van der Waals surface area contributed by atoms with E-state index in [1.807, 2.05) is 0 Å². The lowest BCUT2D eigenvalue weighted by Gasteiger charge is -2.21. The first kappa shape index (κ1) is 42.7. The molecule has 0 N–H and O–H groups in total. The Morgan fingerprint density at radius 2 is 0.532 bits per heavy atom. The zero-order valence-electron chi connectivity index (χ0n) is 34.5. The van der Waals surface area contributed by atoms with Gasteiger partial charge in [-0.1, -0.05) is 197 Å². The predicted molar refractivity (Wildman–Crippen MR) is 214 cm³/mol. The first-order valence-electron chi connectivity index (χ1n) is 18.2. The molecular weight excluding hydrogens is 565 g/mol. The van der Waals surface area contributed by atoms with Crippen LogP contribution in [-0.4, -0.2) is 0 Å². The summed E-state index contributed by atoms with van der Waals surface area (Å²) in [5, 5.41) is 0. The summed E-state index contributed by atoms with van der Waals surface area (Å²) in [6.07, 6.45) is 5.78. The lowest BCUT2D eigenvalue weighted by Crippen LogP contribution is -2.12. The Morgan fingerprint density at radius 1 is 0.298 bits per heavy atom. The van der Waals surface area contributed by atoms with Gasteiger partial charge in [0, 0.05) is 0 Å². The summed E-state index contributed by atoms with van der Waals surface area (Å²) in [6, 6.07) is 27.3. The standard InChI is InChI=1S/2C16H26.C15H24/c1-15(2,3)11-13-7-9-14(10-8-13)12-16(4,5)6;1-15(2,3)11-13-8-7-9-14(10-13)12-16(4,5)6;1-14(2,3)11-12-7-9-13(10-8-12)15(4,5)6/h2*7-10H,11-12H2,1-6H3;7-10H,11H2,1-6H3. The Labute approximate surface area is 294 Å². The molecule has 3 aromatic rings. The molecule has 0 saturated heterocycles. The molecule has 0 aliphatic rings. The summed E-state index contributed by atoms with van der Waals surface area (Å²) >= 11 is 0. The Bertz CT molecular complexity index is 1220. The van der Waals surface area contributed by atoms with E-state index >= 15 is 0 Å². The van der Waals surface area contributed by atoms with E-state index in [1.54, 1.807) is 0 Å². The third-order valence-electron chi connectivity index (χ3n) is 7.51. The van der Waals surface area contributed by atoms with Gasteiger partial charge in [-0.2, -0.15) is 0 Å². The van der Waals surface area contributed by atoms with Crippen molar-refractivity contribution in [2.45, 2.75) is 162 Å². The summed E-state index contributed by atoms with van der Waals surface area (Å²) in [5.41, 5.74) is 10.8. The van der Waals surface area contributed by atoms with E-state index in [4.69, 9.17) is 0 Å². The molecule has 0 bridgehead atoms. The number of rotatable bonds is 5. The number of hydrogen-bond donors (Lipinski definition) is 0. The SMILES string of the molecule is CC(C)(C)Cc1ccc(C(C)(C)C)cc1.CC(C)(C)Cc1ccc(CC(C)(C)C)cc1.CC(C)(C)Cc1cccc(CC(C)(C)C)c1. The minimum atomic E-state index is 0.264. The maximum atomic E-state index is 2.37. The van der Waals surface area contributed by atoms with Crippen molar-refractivity contribution >= 4 is 0 Å². The van der Waals surface area contributed by atoms with E-state index < -0.39 is 0 Å². The fourth-order valence-electron chi connectivity index (χ4n) is 5.81.